The van der Waals surface area contributed by atoms with Crippen molar-refractivity contribution in [1.82, 2.24) is 9.97 Å². The fourth-order valence-electron chi connectivity index (χ4n) is 3.14. The molecular weight excluding hydrogens is 434 g/mol. The molecule has 0 fully saturated rings. The quantitative estimate of drug-likeness (QED) is 0.552. The fourth-order valence-corrected chi connectivity index (χ4v) is 3.84. The molecule has 0 saturated heterocycles. The second kappa shape index (κ2) is 7.25. The van der Waals surface area contributed by atoms with E-state index >= 15 is 0 Å². The van der Waals surface area contributed by atoms with Crippen molar-refractivity contribution >= 4 is 44.9 Å². The van der Waals surface area contributed by atoms with Gasteiger partial charge in [-0.3, -0.25) is 4.98 Å². The van der Waals surface area contributed by atoms with Gasteiger partial charge in [-0.1, -0.05) is 17.7 Å². The molecule has 6 nitrogen and oxygen atoms in total. The summed E-state index contributed by atoms with van der Waals surface area (Å²) < 4.78 is 11.5. The lowest BCUT2D eigenvalue weighted by Crippen LogP contribution is -2.17. The Balaban J connectivity index is 1.91. The van der Waals surface area contributed by atoms with Crippen LogP contribution in [0, 0.1) is 0 Å². The second-order valence-electron chi connectivity index (χ2n) is 5.92. The Bertz CT molecular complexity index is 1040. The molecular formula is C19H15BrClN3O3. The Kier molecular flexibility index (Phi) is 4.80. The molecule has 3 aromatic rings. The van der Waals surface area contributed by atoms with Gasteiger partial charge in [0.25, 0.3) is 0 Å². The first-order chi connectivity index (χ1) is 13.1. The number of rotatable bonds is 4. The molecule has 0 spiro atoms. The highest BCUT2D eigenvalue weighted by atomic mass is 79.9. The maximum Gasteiger partial charge on any atom is 0.342 e. The number of nitrogens with one attached hydrogen (secondary N) is 2. The van der Waals surface area contributed by atoms with E-state index < -0.39 is 0 Å². The third kappa shape index (κ3) is 3.17. The summed E-state index contributed by atoms with van der Waals surface area (Å²) in [6.07, 6.45) is 4.02. The van der Waals surface area contributed by atoms with Gasteiger partial charge in [0.1, 0.15) is 5.56 Å². The van der Waals surface area contributed by atoms with E-state index in [-0.39, 0.29) is 5.97 Å². The molecule has 0 atom stereocenters. The van der Waals surface area contributed by atoms with E-state index in [1.54, 1.807) is 25.6 Å². The number of ether oxygens (including phenoxy) is 2. The van der Waals surface area contributed by atoms with E-state index in [4.69, 9.17) is 21.1 Å². The Morgan fingerprint density at radius 3 is 3.00 bits per heavy atom. The minimum atomic E-state index is -0.368. The van der Waals surface area contributed by atoms with Crippen LogP contribution >= 0.6 is 27.5 Å². The van der Waals surface area contributed by atoms with Crippen molar-refractivity contribution in [3.8, 4) is 17.0 Å². The van der Waals surface area contributed by atoms with Gasteiger partial charge in [-0.05, 0) is 34.1 Å². The monoisotopic (exact) mass is 447 g/mol. The van der Waals surface area contributed by atoms with Crippen LogP contribution in [-0.2, 0) is 11.2 Å². The van der Waals surface area contributed by atoms with Gasteiger partial charge in [0.2, 0.25) is 0 Å². The highest BCUT2D eigenvalue weighted by Crippen LogP contribution is 2.42. The second-order valence-corrected chi connectivity index (χ2v) is 7.18. The van der Waals surface area contributed by atoms with Gasteiger partial charge in [-0.25, -0.2) is 4.79 Å². The Morgan fingerprint density at radius 2 is 2.22 bits per heavy atom. The number of cyclic esters (lactones) is 1. The maximum absolute atomic E-state index is 12.5. The van der Waals surface area contributed by atoms with E-state index in [1.165, 1.54) is 0 Å². The molecule has 0 amide bonds. The SMILES string of the molecule is COc1c(Cl)cccc1Nc1c(-c2ccncc2Br)[nH]c2c1C(=O)OCC2. The number of halogens is 2. The number of fused-ring (bicyclic) bond motifs is 1. The van der Waals surface area contributed by atoms with E-state index in [0.29, 0.717) is 40.7 Å². The lowest BCUT2D eigenvalue weighted by Gasteiger charge is -2.16. The highest BCUT2D eigenvalue weighted by Gasteiger charge is 2.29. The molecule has 2 N–H and O–H groups in total. The summed E-state index contributed by atoms with van der Waals surface area (Å²) in [5, 5.41) is 3.79. The number of para-hydroxylation sites is 1. The first-order valence-electron chi connectivity index (χ1n) is 8.21. The highest BCUT2D eigenvalue weighted by molar-refractivity contribution is 9.10. The summed E-state index contributed by atoms with van der Waals surface area (Å²) in [4.78, 5) is 20.0. The average Bonchev–Trinajstić information content (AvgIpc) is 3.02. The molecule has 1 aliphatic rings. The molecule has 8 heteroatoms. The Morgan fingerprint density at radius 1 is 1.37 bits per heavy atom. The molecule has 27 heavy (non-hydrogen) atoms. The summed E-state index contributed by atoms with van der Waals surface area (Å²) in [7, 11) is 1.55. The molecule has 0 radical (unpaired) electrons. The summed E-state index contributed by atoms with van der Waals surface area (Å²) >= 11 is 9.77. The van der Waals surface area contributed by atoms with Crippen LogP contribution in [-0.4, -0.2) is 29.7 Å². The zero-order chi connectivity index (χ0) is 19.0. The number of pyridine rings is 1. The van der Waals surface area contributed by atoms with E-state index in [0.717, 1.165) is 21.4 Å². The largest absolute Gasteiger partial charge is 0.493 e. The van der Waals surface area contributed by atoms with Crippen LogP contribution in [0.3, 0.4) is 0 Å². The number of carbonyl (C=O) groups excluding carboxylic acids is 1. The number of anilines is 2. The third-order valence-corrected chi connectivity index (χ3v) is 5.27. The van der Waals surface area contributed by atoms with Crippen LogP contribution in [0.5, 0.6) is 5.75 Å². The molecule has 2 aromatic heterocycles. The molecule has 0 aliphatic carbocycles. The summed E-state index contributed by atoms with van der Waals surface area (Å²) in [6, 6.07) is 7.26. The van der Waals surface area contributed by atoms with Crippen LogP contribution in [0.15, 0.2) is 41.1 Å². The van der Waals surface area contributed by atoms with Gasteiger partial charge in [0, 0.05) is 34.5 Å². The molecule has 3 heterocycles. The standard InChI is InChI=1S/C19H15BrClN3O3/c1-26-18-12(21)3-2-4-14(18)24-17-15-13(6-8-27-19(15)25)23-16(17)10-5-7-22-9-11(10)20/h2-5,7,9,23-24H,6,8H2,1H3. The molecule has 0 saturated carbocycles. The van der Waals surface area contributed by atoms with Gasteiger partial charge < -0.3 is 19.8 Å². The fraction of sp³-hybridized carbons (Fsp3) is 0.158. The molecule has 0 unspecified atom stereocenters. The normalized spacial score (nSPS) is 13.1. The van der Waals surface area contributed by atoms with Gasteiger partial charge in [-0.2, -0.15) is 0 Å². The number of aromatic amines is 1. The van der Waals surface area contributed by atoms with Crippen molar-refractivity contribution in [2.75, 3.05) is 19.0 Å². The van der Waals surface area contributed by atoms with Gasteiger partial charge >= 0.3 is 5.97 Å². The zero-order valence-electron chi connectivity index (χ0n) is 14.3. The smallest absolute Gasteiger partial charge is 0.342 e. The Hall–Kier alpha value is -2.51. The topological polar surface area (TPSA) is 76.2 Å². The number of nitrogens with zero attached hydrogens (tertiary/aromatic N) is 1. The predicted molar refractivity (Wildman–Crippen MR) is 107 cm³/mol. The number of H-pyrrole nitrogens is 1. The number of hydrogen-bond acceptors (Lipinski definition) is 5. The van der Waals surface area contributed by atoms with Crippen molar-refractivity contribution in [2.45, 2.75) is 6.42 Å². The summed E-state index contributed by atoms with van der Waals surface area (Å²) in [5.41, 5.74) is 4.21. The van der Waals surface area contributed by atoms with Crippen LogP contribution in [0.2, 0.25) is 5.02 Å². The van der Waals surface area contributed by atoms with Crippen LogP contribution in [0.1, 0.15) is 16.1 Å². The lowest BCUT2D eigenvalue weighted by molar-refractivity contribution is 0.0480. The van der Waals surface area contributed by atoms with Crippen LogP contribution < -0.4 is 10.1 Å². The molecule has 0 bridgehead atoms. The van der Waals surface area contributed by atoms with Crippen molar-refractivity contribution < 1.29 is 14.3 Å². The van der Waals surface area contributed by atoms with E-state index in [2.05, 4.69) is 31.2 Å². The minimum Gasteiger partial charge on any atom is -0.493 e. The van der Waals surface area contributed by atoms with Crippen molar-refractivity contribution in [3.05, 3.63) is 57.4 Å². The molecule has 4 rings (SSSR count). The van der Waals surface area contributed by atoms with Crippen LogP contribution in [0.4, 0.5) is 11.4 Å². The average molecular weight is 449 g/mol. The third-order valence-electron chi connectivity index (χ3n) is 4.34. The summed E-state index contributed by atoms with van der Waals surface area (Å²) in [6.45, 7) is 0.350. The molecule has 1 aromatic carbocycles. The van der Waals surface area contributed by atoms with Gasteiger partial charge in [0.05, 0.1) is 35.8 Å². The molecule has 1 aliphatic heterocycles. The number of esters is 1. The van der Waals surface area contributed by atoms with Gasteiger partial charge in [0.15, 0.2) is 5.75 Å². The number of benzene rings is 1. The van der Waals surface area contributed by atoms with Crippen LogP contribution in [0.25, 0.3) is 11.3 Å². The van der Waals surface area contributed by atoms with E-state index in [9.17, 15) is 4.79 Å². The number of methoxy groups -OCH3 is 1. The first-order valence-corrected chi connectivity index (χ1v) is 9.38. The Labute approximate surface area is 169 Å². The lowest BCUT2D eigenvalue weighted by atomic mass is 10.1. The zero-order valence-corrected chi connectivity index (χ0v) is 16.6. The predicted octanol–water partition coefficient (Wildman–Crippen LogP) is 4.96. The van der Waals surface area contributed by atoms with Crippen molar-refractivity contribution in [1.29, 1.82) is 0 Å². The molecule has 138 valence electrons. The number of aromatic nitrogens is 2. The minimum absolute atomic E-state index is 0.350. The number of hydrogen-bond donors (Lipinski definition) is 2. The van der Waals surface area contributed by atoms with E-state index in [1.807, 2.05) is 18.2 Å². The van der Waals surface area contributed by atoms with Crippen molar-refractivity contribution in [3.63, 3.8) is 0 Å². The maximum atomic E-state index is 12.5. The van der Waals surface area contributed by atoms with Crippen molar-refractivity contribution in [2.24, 2.45) is 0 Å². The van der Waals surface area contributed by atoms with Gasteiger partial charge in [-0.15, -0.1) is 0 Å². The summed E-state index contributed by atoms with van der Waals surface area (Å²) in [5.74, 6) is 0.130. The number of carbonyl (C=O) groups is 1. The first kappa shape index (κ1) is 17.9.